The van der Waals surface area contributed by atoms with Crippen molar-refractivity contribution >= 4 is 11.6 Å². The zero-order valence-electron chi connectivity index (χ0n) is 11.0. The third kappa shape index (κ3) is 3.71. The minimum absolute atomic E-state index is 0.410. The van der Waals surface area contributed by atoms with Gasteiger partial charge in [0, 0.05) is 17.6 Å². The molecule has 1 aromatic carbocycles. The van der Waals surface area contributed by atoms with E-state index in [2.05, 4.69) is 11.9 Å². The Bertz CT molecular complexity index is 377. The van der Waals surface area contributed by atoms with Crippen LogP contribution in [0.15, 0.2) is 24.3 Å². The van der Waals surface area contributed by atoms with E-state index in [0.29, 0.717) is 5.02 Å². The average molecular weight is 268 g/mol. The summed E-state index contributed by atoms with van der Waals surface area (Å²) in [6, 6.07) is 8.23. The van der Waals surface area contributed by atoms with E-state index < -0.39 is 6.10 Å². The van der Waals surface area contributed by atoms with Crippen LogP contribution in [0.3, 0.4) is 0 Å². The molecule has 0 aromatic heterocycles. The molecule has 0 bridgehead atoms. The molecule has 2 rings (SSSR count). The van der Waals surface area contributed by atoms with E-state index in [4.69, 9.17) is 11.6 Å². The highest BCUT2D eigenvalue weighted by Gasteiger charge is 2.20. The number of nitrogens with zero attached hydrogens (tertiary/aromatic N) is 1. The Balaban J connectivity index is 1.82. The van der Waals surface area contributed by atoms with Gasteiger partial charge >= 0.3 is 0 Å². The van der Waals surface area contributed by atoms with Crippen LogP contribution in [0.1, 0.15) is 43.8 Å². The van der Waals surface area contributed by atoms with Gasteiger partial charge in [0.1, 0.15) is 0 Å². The molecule has 0 heterocycles. The van der Waals surface area contributed by atoms with Crippen LogP contribution in [0.2, 0.25) is 5.02 Å². The Morgan fingerprint density at radius 1 is 1.39 bits per heavy atom. The van der Waals surface area contributed by atoms with Crippen LogP contribution < -0.4 is 0 Å². The fourth-order valence-electron chi connectivity index (χ4n) is 2.73. The van der Waals surface area contributed by atoms with Crippen molar-refractivity contribution in [1.82, 2.24) is 4.90 Å². The summed E-state index contributed by atoms with van der Waals surface area (Å²) >= 11 is 5.93. The second-order valence-corrected chi connectivity index (χ2v) is 5.71. The topological polar surface area (TPSA) is 23.5 Å². The van der Waals surface area contributed by atoms with Gasteiger partial charge in [-0.25, -0.2) is 0 Å². The number of aliphatic hydroxyl groups is 1. The van der Waals surface area contributed by atoms with Crippen LogP contribution in [0.5, 0.6) is 0 Å². The van der Waals surface area contributed by atoms with Crippen LogP contribution in [0.25, 0.3) is 0 Å². The van der Waals surface area contributed by atoms with Crippen molar-refractivity contribution in [2.24, 2.45) is 0 Å². The number of halogens is 1. The smallest absolute Gasteiger partial charge is 0.0802 e. The molecule has 0 spiro atoms. The lowest BCUT2D eigenvalue weighted by atomic mass is 10.1. The van der Waals surface area contributed by atoms with Crippen molar-refractivity contribution in [1.29, 1.82) is 0 Å². The van der Waals surface area contributed by atoms with Gasteiger partial charge in [0.05, 0.1) is 6.10 Å². The number of aliphatic hydroxyl groups excluding tert-OH is 1. The number of hydrogen-bond acceptors (Lipinski definition) is 2. The summed E-state index contributed by atoms with van der Waals surface area (Å²) in [5, 5.41) is 10.8. The molecule has 18 heavy (non-hydrogen) atoms. The molecular weight excluding hydrogens is 246 g/mol. The van der Waals surface area contributed by atoms with E-state index in [-0.39, 0.29) is 0 Å². The molecule has 3 heteroatoms. The summed E-state index contributed by atoms with van der Waals surface area (Å²) in [4.78, 5) is 2.39. The highest BCUT2D eigenvalue weighted by molar-refractivity contribution is 6.30. The molecule has 1 aliphatic rings. The maximum Gasteiger partial charge on any atom is 0.0802 e. The summed E-state index contributed by atoms with van der Waals surface area (Å²) in [6.07, 6.45) is 5.69. The highest BCUT2D eigenvalue weighted by atomic mass is 35.5. The van der Waals surface area contributed by atoms with Gasteiger partial charge in [-0.3, -0.25) is 0 Å². The summed E-state index contributed by atoms with van der Waals surface area (Å²) in [5.74, 6) is 0. The van der Waals surface area contributed by atoms with Gasteiger partial charge in [-0.2, -0.15) is 0 Å². The third-order valence-corrected chi connectivity index (χ3v) is 4.17. The standard InChI is InChI=1S/C15H22ClNO/c1-17(14-7-2-3-8-14)10-9-15(18)12-5-4-6-13(16)11-12/h4-6,11,14-15,18H,2-3,7-10H2,1H3. The van der Waals surface area contributed by atoms with Crippen molar-refractivity contribution in [3.05, 3.63) is 34.9 Å². The normalized spacial score (nSPS) is 18.4. The Morgan fingerprint density at radius 3 is 2.78 bits per heavy atom. The molecular formula is C15H22ClNO. The van der Waals surface area contributed by atoms with Crippen molar-refractivity contribution < 1.29 is 5.11 Å². The van der Waals surface area contributed by atoms with Gasteiger partial charge in [-0.15, -0.1) is 0 Å². The summed E-state index contributed by atoms with van der Waals surface area (Å²) < 4.78 is 0. The first-order chi connectivity index (χ1) is 8.66. The molecule has 1 aliphatic carbocycles. The average Bonchev–Trinajstić information content (AvgIpc) is 2.89. The predicted molar refractivity (Wildman–Crippen MR) is 75.9 cm³/mol. The summed E-state index contributed by atoms with van der Waals surface area (Å²) in [7, 11) is 2.17. The Hall–Kier alpha value is -0.570. The molecule has 1 N–H and O–H groups in total. The van der Waals surface area contributed by atoms with Gasteiger partial charge in [0.15, 0.2) is 0 Å². The molecule has 0 amide bonds. The van der Waals surface area contributed by atoms with Crippen LogP contribution in [0.4, 0.5) is 0 Å². The Kier molecular flexibility index (Phi) is 5.04. The fourth-order valence-corrected chi connectivity index (χ4v) is 2.93. The lowest BCUT2D eigenvalue weighted by Gasteiger charge is -2.25. The quantitative estimate of drug-likeness (QED) is 0.881. The van der Waals surface area contributed by atoms with E-state index in [0.717, 1.165) is 24.6 Å². The van der Waals surface area contributed by atoms with Gasteiger partial charge in [-0.1, -0.05) is 36.6 Å². The molecule has 1 aromatic rings. The van der Waals surface area contributed by atoms with E-state index >= 15 is 0 Å². The van der Waals surface area contributed by atoms with Crippen molar-refractivity contribution in [2.75, 3.05) is 13.6 Å². The van der Waals surface area contributed by atoms with E-state index in [1.807, 2.05) is 24.3 Å². The zero-order valence-corrected chi connectivity index (χ0v) is 11.7. The first-order valence-electron chi connectivity index (χ1n) is 6.80. The van der Waals surface area contributed by atoms with Gasteiger partial charge in [0.2, 0.25) is 0 Å². The molecule has 1 unspecified atom stereocenters. The minimum atomic E-state index is -0.410. The van der Waals surface area contributed by atoms with E-state index in [9.17, 15) is 5.11 Å². The summed E-state index contributed by atoms with van der Waals surface area (Å²) in [5.41, 5.74) is 0.919. The molecule has 1 saturated carbocycles. The minimum Gasteiger partial charge on any atom is -0.388 e. The van der Waals surface area contributed by atoms with Crippen molar-refractivity contribution in [3.8, 4) is 0 Å². The molecule has 0 saturated heterocycles. The fraction of sp³-hybridized carbons (Fsp3) is 0.600. The first-order valence-corrected chi connectivity index (χ1v) is 7.18. The number of rotatable bonds is 5. The van der Waals surface area contributed by atoms with Crippen molar-refractivity contribution in [2.45, 2.75) is 44.2 Å². The SMILES string of the molecule is CN(CCC(O)c1cccc(Cl)c1)C1CCCC1. The molecule has 1 fully saturated rings. The van der Waals surface area contributed by atoms with E-state index in [1.165, 1.54) is 25.7 Å². The predicted octanol–water partition coefficient (Wildman–Crippen LogP) is 3.64. The monoisotopic (exact) mass is 267 g/mol. The van der Waals surface area contributed by atoms with Gasteiger partial charge in [0.25, 0.3) is 0 Å². The lowest BCUT2D eigenvalue weighted by Crippen LogP contribution is -2.30. The molecule has 0 radical (unpaired) electrons. The molecule has 100 valence electrons. The largest absolute Gasteiger partial charge is 0.388 e. The maximum atomic E-state index is 10.2. The second kappa shape index (κ2) is 6.55. The van der Waals surface area contributed by atoms with E-state index in [1.54, 1.807) is 0 Å². The summed E-state index contributed by atoms with van der Waals surface area (Å²) in [6.45, 7) is 0.943. The Morgan fingerprint density at radius 2 is 2.11 bits per heavy atom. The molecule has 2 nitrogen and oxygen atoms in total. The Labute approximate surface area is 115 Å². The van der Waals surface area contributed by atoms with Crippen LogP contribution >= 0.6 is 11.6 Å². The molecule has 1 atom stereocenters. The molecule has 0 aliphatic heterocycles. The zero-order chi connectivity index (χ0) is 13.0. The van der Waals surface area contributed by atoms with Gasteiger partial charge in [-0.05, 0) is 44.0 Å². The van der Waals surface area contributed by atoms with Crippen molar-refractivity contribution in [3.63, 3.8) is 0 Å². The second-order valence-electron chi connectivity index (χ2n) is 5.28. The number of hydrogen-bond donors (Lipinski definition) is 1. The third-order valence-electron chi connectivity index (χ3n) is 3.94. The number of benzene rings is 1. The van der Waals surface area contributed by atoms with Crippen LogP contribution in [-0.2, 0) is 0 Å². The van der Waals surface area contributed by atoms with Gasteiger partial charge < -0.3 is 10.0 Å². The van der Waals surface area contributed by atoms with Crippen LogP contribution in [0, 0.1) is 0 Å². The lowest BCUT2D eigenvalue weighted by molar-refractivity contribution is 0.137. The first kappa shape index (κ1) is 13.9. The maximum absolute atomic E-state index is 10.2. The highest BCUT2D eigenvalue weighted by Crippen LogP contribution is 2.24. The van der Waals surface area contributed by atoms with Crippen LogP contribution in [-0.4, -0.2) is 29.6 Å².